The third-order valence-electron chi connectivity index (χ3n) is 5.54. The third kappa shape index (κ3) is 4.72. The number of imide groups is 1. The number of fused-ring (bicyclic) bond motifs is 1. The zero-order valence-electron chi connectivity index (χ0n) is 18.1. The van der Waals surface area contributed by atoms with Gasteiger partial charge in [0.2, 0.25) is 0 Å². The monoisotopic (exact) mass is 469 g/mol. The second kappa shape index (κ2) is 9.53. The largest absolute Gasteiger partial charge is 0.488 e. The molecule has 0 unspecified atom stereocenters. The van der Waals surface area contributed by atoms with Gasteiger partial charge in [0, 0.05) is 5.56 Å². The van der Waals surface area contributed by atoms with Crippen molar-refractivity contribution in [3.05, 3.63) is 118 Å². The summed E-state index contributed by atoms with van der Waals surface area (Å²) in [6, 6.07) is 27.5. The Bertz CT molecular complexity index is 1410. The van der Waals surface area contributed by atoms with Gasteiger partial charge in [-0.2, -0.15) is 0 Å². The highest BCUT2D eigenvalue weighted by Crippen LogP contribution is 2.35. The first kappa shape index (κ1) is 21.9. The van der Waals surface area contributed by atoms with Crippen molar-refractivity contribution in [1.29, 1.82) is 0 Å². The van der Waals surface area contributed by atoms with Crippen LogP contribution in [-0.2, 0) is 17.9 Å². The molecule has 0 radical (unpaired) electrons. The minimum atomic E-state index is -0.372. The highest BCUT2D eigenvalue weighted by Gasteiger charge is 2.35. The van der Waals surface area contributed by atoms with Gasteiger partial charge < -0.3 is 4.74 Å². The van der Waals surface area contributed by atoms with Crippen LogP contribution >= 0.6 is 11.8 Å². The Hall–Kier alpha value is -3.90. The molecule has 0 N–H and O–H groups in total. The lowest BCUT2D eigenvalue weighted by Crippen LogP contribution is -2.27. The Morgan fingerprint density at radius 1 is 0.824 bits per heavy atom. The van der Waals surface area contributed by atoms with Crippen LogP contribution in [0.5, 0.6) is 5.75 Å². The predicted octanol–water partition coefficient (Wildman–Crippen LogP) is 6.79. The highest BCUT2D eigenvalue weighted by atomic mass is 32.2. The first-order valence-electron chi connectivity index (χ1n) is 10.8. The van der Waals surface area contributed by atoms with E-state index in [0.717, 1.165) is 28.3 Å². The maximum Gasteiger partial charge on any atom is 0.293 e. The molecular weight excluding hydrogens is 449 g/mol. The van der Waals surface area contributed by atoms with Gasteiger partial charge in [0.1, 0.15) is 18.2 Å². The van der Waals surface area contributed by atoms with E-state index in [-0.39, 0.29) is 23.5 Å². The van der Waals surface area contributed by atoms with E-state index in [4.69, 9.17) is 4.74 Å². The average molecular weight is 470 g/mol. The summed E-state index contributed by atoms with van der Waals surface area (Å²) in [5, 5.41) is 1.96. The molecule has 0 atom stereocenters. The second-order valence-corrected chi connectivity index (χ2v) is 8.90. The van der Waals surface area contributed by atoms with Crippen LogP contribution in [0.3, 0.4) is 0 Å². The zero-order chi connectivity index (χ0) is 23.5. The van der Waals surface area contributed by atoms with Gasteiger partial charge in [0.25, 0.3) is 11.1 Å². The van der Waals surface area contributed by atoms with Crippen molar-refractivity contribution in [3.8, 4) is 5.75 Å². The van der Waals surface area contributed by atoms with Gasteiger partial charge in [-0.3, -0.25) is 14.5 Å². The number of amides is 2. The Morgan fingerprint density at radius 3 is 2.35 bits per heavy atom. The van der Waals surface area contributed by atoms with Crippen LogP contribution in [0.4, 0.5) is 9.18 Å². The van der Waals surface area contributed by atoms with Crippen molar-refractivity contribution >= 4 is 39.8 Å². The molecule has 1 fully saturated rings. The quantitative estimate of drug-likeness (QED) is 0.292. The van der Waals surface area contributed by atoms with Crippen molar-refractivity contribution in [2.45, 2.75) is 13.2 Å². The molecule has 5 rings (SSSR count). The number of hydrogen-bond acceptors (Lipinski definition) is 4. The SMILES string of the molecule is O=C1S/C(=C\c2ccccc2OCc2ccc3ccccc3c2)C(=O)N1Cc1ccc(F)cc1. The number of halogens is 1. The van der Waals surface area contributed by atoms with Gasteiger partial charge in [-0.15, -0.1) is 0 Å². The van der Waals surface area contributed by atoms with Gasteiger partial charge >= 0.3 is 0 Å². The van der Waals surface area contributed by atoms with Crippen molar-refractivity contribution in [3.63, 3.8) is 0 Å². The molecule has 1 saturated heterocycles. The van der Waals surface area contributed by atoms with Crippen LogP contribution in [0.2, 0.25) is 0 Å². The molecule has 1 aliphatic heterocycles. The summed E-state index contributed by atoms with van der Waals surface area (Å²) in [5.41, 5.74) is 2.44. The van der Waals surface area contributed by atoms with E-state index in [1.54, 1.807) is 18.2 Å². The first-order chi connectivity index (χ1) is 16.6. The lowest BCUT2D eigenvalue weighted by Gasteiger charge is -2.12. The Balaban J connectivity index is 1.33. The number of rotatable bonds is 6. The number of benzene rings is 4. The first-order valence-corrected chi connectivity index (χ1v) is 11.6. The Morgan fingerprint density at radius 2 is 1.53 bits per heavy atom. The molecule has 0 spiro atoms. The van der Waals surface area contributed by atoms with Crippen LogP contribution in [0.25, 0.3) is 16.8 Å². The molecule has 0 bridgehead atoms. The number of thioether (sulfide) groups is 1. The molecule has 4 nitrogen and oxygen atoms in total. The number of ether oxygens (including phenoxy) is 1. The summed E-state index contributed by atoms with van der Waals surface area (Å²) >= 11 is 0.893. The normalized spacial score (nSPS) is 14.9. The van der Waals surface area contributed by atoms with Crippen LogP contribution in [-0.4, -0.2) is 16.0 Å². The standard InChI is InChI=1S/C28H20FNO3S/c29-24-13-10-19(11-14-24)17-30-27(31)26(34-28(30)32)16-23-7-3-4-8-25(23)33-18-20-9-12-21-5-1-2-6-22(21)15-20/h1-16H,17-18H2/b26-16-. The molecular formula is C28H20FNO3S. The molecule has 34 heavy (non-hydrogen) atoms. The van der Waals surface area contributed by atoms with Crippen LogP contribution < -0.4 is 4.74 Å². The van der Waals surface area contributed by atoms with E-state index in [2.05, 4.69) is 24.3 Å². The van der Waals surface area contributed by atoms with Gasteiger partial charge in [-0.05, 0) is 64.0 Å². The van der Waals surface area contributed by atoms with Crippen molar-refractivity contribution in [2.24, 2.45) is 0 Å². The molecule has 1 aliphatic rings. The van der Waals surface area contributed by atoms with E-state index in [0.29, 0.717) is 22.8 Å². The molecule has 6 heteroatoms. The Labute approximate surface area is 200 Å². The molecule has 2 amide bonds. The Kier molecular flexibility index (Phi) is 6.14. The van der Waals surface area contributed by atoms with Crippen molar-refractivity contribution in [1.82, 2.24) is 4.90 Å². The average Bonchev–Trinajstić information content (AvgIpc) is 3.12. The van der Waals surface area contributed by atoms with Gasteiger partial charge in [0.15, 0.2) is 0 Å². The predicted molar refractivity (Wildman–Crippen MR) is 133 cm³/mol. The summed E-state index contributed by atoms with van der Waals surface area (Å²) < 4.78 is 19.2. The summed E-state index contributed by atoms with van der Waals surface area (Å²) in [4.78, 5) is 26.9. The van der Waals surface area contributed by atoms with E-state index < -0.39 is 0 Å². The summed E-state index contributed by atoms with van der Waals surface area (Å²) in [6.07, 6.45) is 1.69. The maximum atomic E-state index is 13.2. The van der Waals surface area contributed by atoms with E-state index in [1.807, 2.05) is 42.5 Å². The number of hydrogen-bond donors (Lipinski definition) is 0. The van der Waals surface area contributed by atoms with Crippen LogP contribution in [0.15, 0.2) is 95.9 Å². The smallest absolute Gasteiger partial charge is 0.293 e. The molecule has 168 valence electrons. The van der Waals surface area contributed by atoms with E-state index in [9.17, 15) is 14.0 Å². The lowest BCUT2D eigenvalue weighted by atomic mass is 10.1. The summed E-state index contributed by atoms with van der Waals surface area (Å²) in [7, 11) is 0. The molecule has 0 aromatic heterocycles. The van der Waals surface area contributed by atoms with Crippen LogP contribution in [0.1, 0.15) is 16.7 Å². The maximum absolute atomic E-state index is 13.2. The number of para-hydroxylation sites is 1. The van der Waals surface area contributed by atoms with Crippen molar-refractivity contribution in [2.75, 3.05) is 0 Å². The molecule has 4 aromatic rings. The van der Waals surface area contributed by atoms with Gasteiger partial charge in [-0.1, -0.05) is 66.7 Å². The molecule has 0 saturated carbocycles. The summed E-state index contributed by atoms with van der Waals surface area (Å²) in [6.45, 7) is 0.476. The van der Waals surface area contributed by atoms with E-state index >= 15 is 0 Å². The van der Waals surface area contributed by atoms with Gasteiger partial charge in [-0.25, -0.2) is 4.39 Å². The topological polar surface area (TPSA) is 46.6 Å². The van der Waals surface area contributed by atoms with Crippen molar-refractivity contribution < 1.29 is 18.7 Å². The number of carbonyl (C=O) groups excluding carboxylic acids is 2. The second-order valence-electron chi connectivity index (χ2n) is 7.90. The number of carbonyl (C=O) groups is 2. The minimum Gasteiger partial charge on any atom is -0.488 e. The zero-order valence-corrected chi connectivity index (χ0v) is 18.9. The fraction of sp³-hybridized carbons (Fsp3) is 0.0714. The third-order valence-corrected chi connectivity index (χ3v) is 6.45. The highest BCUT2D eigenvalue weighted by molar-refractivity contribution is 8.18. The van der Waals surface area contributed by atoms with Crippen LogP contribution in [0, 0.1) is 5.82 Å². The number of nitrogens with zero attached hydrogens (tertiary/aromatic N) is 1. The lowest BCUT2D eigenvalue weighted by molar-refractivity contribution is -0.123. The molecule has 0 aliphatic carbocycles. The van der Waals surface area contributed by atoms with E-state index in [1.165, 1.54) is 22.4 Å². The fourth-order valence-corrected chi connectivity index (χ4v) is 4.60. The fourth-order valence-electron chi connectivity index (χ4n) is 3.77. The molecule has 4 aromatic carbocycles. The molecule has 1 heterocycles. The minimum absolute atomic E-state index is 0.0996. The van der Waals surface area contributed by atoms with Gasteiger partial charge in [0.05, 0.1) is 11.4 Å². The summed E-state index contributed by atoms with van der Waals surface area (Å²) in [5.74, 6) is -0.109.